The first-order valence-electron chi connectivity index (χ1n) is 6.30. The SMILES string of the molecule is O=C(CC1CCNCC1)NCc1nc(C(=O)O)cs1. The highest BCUT2D eigenvalue weighted by Crippen LogP contribution is 2.16. The molecule has 0 atom stereocenters. The number of amides is 1. The van der Waals surface area contributed by atoms with E-state index in [2.05, 4.69) is 15.6 Å². The molecule has 1 amide bonds. The first-order chi connectivity index (χ1) is 9.15. The normalized spacial score (nSPS) is 16.2. The number of aromatic nitrogens is 1. The van der Waals surface area contributed by atoms with Gasteiger partial charge in [0.1, 0.15) is 5.01 Å². The topological polar surface area (TPSA) is 91.3 Å². The summed E-state index contributed by atoms with van der Waals surface area (Å²) in [4.78, 5) is 26.3. The van der Waals surface area contributed by atoms with Crippen LogP contribution in [0.1, 0.15) is 34.8 Å². The summed E-state index contributed by atoms with van der Waals surface area (Å²) in [6, 6.07) is 0. The molecule has 1 aliphatic heterocycles. The van der Waals surface area contributed by atoms with Crippen molar-refractivity contribution in [1.82, 2.24) is 15.6 Å². The number of piperidine rings is 1. The maximum absolute atomic E-state index is 11.8. The predicted molar refractivity (Wildman–Crippen MR) is 71.1 cm³/mol. The van der Waals surface area contributed by atoms with Gasteiger partial charge in [-0.3, -0.25) is 4.79 Å². The third kappa shape index (κ3) is 4.29. The number of carbonyl (C=O) groups excluding carboxylic acids is 1. The molecule has 1 aromatic rings. The minimum absolute atomic E-state index is 0.0129. The van der Waals surface area contributed by atoms with Crippen molar-refractivity contribution >= 4 is 23.2 Å². The van der Waals surface area contributed by atoms with E-state index in [1.165, 1.54) is 16.7 Å². The second-order valence-electron chi connectivity index (χ2n) is 4.61. The van der Waals surface area contributed by atoms with Crippen molar-refractivity contribution in [2.45, 2.75) is 25.8 Å². The van der Waals surface area contributed by atoms with E-state index in [1.807, 2.05) is 0 Å². The average molecular weight is 283 g/mol. The molecular weight excluding hydrogens is 266 g/mol. The van der Waals surface area contributed by atoms with Gasteiger partial charge in [0.05, 0.1) is 6.54 Å². The van der Waals surface area contributed by atoms with Crippen LogP contribution in [0.4, 0.5) is 0 Å². The van der Waals surface area contributed by atoms with Crippen LogP contribution >= 0.6 is 11.3 Å². The summed E-state index contributed by atoms with van der Waals surface area (Å²) in [7, 11) is 0. The fourth-order valence-electron chi connectivity index (χ4n) is 2.08. The number of thiazole rings is 1. The Bertz CT molecular complexity index is 455. The van der Waals surface area contributed by atoms with Crippen LogP contribution in [0.15, 0.2) is 5.38 Å². The van der Waals surface area contributed by atoms with E-state index >= 15 is 0 Å². The maximum Gasteiger partial charge on any atom is 0.355 e. The Morgan fingerprint density at radius 3 is 2.84 bits per heavy atom. The number of hydrogen-bond acceptors (Lipinski definition) is 5. The largest absolute Gasteiger partial charge is 0.476 e. The van der Waals surface area contributed by atoms with Crippen LogP contribution in [0, 0.1) is 5.92 Å². The quantitative estimate of drug-likeness (QED) is 0.745. The van der Waals surface area contributed by atoms with Crippen LogP contribution in [0.3, 0.4) is 0 Å². The molecule has 104 valence electrons. The predicted octanol–water partition coefficient (Wildman–Crippen LogP) is 0.847. The molecule has 2 rings (SSSR count). The lowest BCUT2D eigenvalue weighted by Crippen LogP contribution is -2.32. The van der Waals surface area contributed by atoms with E-state index in [4.69, 9.17) is 5.11 Å². The van der Waals surface area contributed by atoms with Gasteiger partial charge in [-0.15, -0.1) is 11.3 Å². The average Bonchev–Trinajstić information content (AvgIpc) is 2.86. The molecule has 0 aliphatic carbocycles. The maximum atomic E-state index is 11.8. The van der Waals surface area contributed by atoms with Crippen LogP contribution in [0.5, 0.6) is 0 Å². The van der Waals surface area contributed by atoms with Crippen molar-refractivity contribution in [3.63, 3.8) is 0 Å². The van der Waals surface area contributed by atoms with Crippen molar-refractivity contribution in [2.24, 2.45) is 5.92 Å². The highest BCUT2D eigenvalue weighted by molar-refractivity contribution is 7.09. The molecule has 0 saturated carbocycles. The first-order valence-corrected chi connectivity index (χ1v) is 7.18. The second-order valence-corrected chi connectivity index (χ2v) is 5.55. The van der Waals surface area contributed by atoms with E-state index in [1.54, 1.807) is 0 Å². The van der Waals surface area contributed by atoms with Gasteiger partial charge < -0.3 is 15.7 Å². The standard InChI is InChI=1S/C12H17N3O3S/c16-10(5-8-1-3-13-4-2-8)14-6-11-15-9(7-19-11)12(17)18/h7-8,13H,1-6H2,(H,14,16)(H,17,18). The van der Waals surface area contributed by atoms with Gasteiger partial charge in [-0.05, 0) is 31.8 Å². The van der Waals surface area contributed by atoms with E-state index < -0.39 is 5.97 Å². The number of aromatic carboxylic acids is 1. The number of nitrogens with zero attached hydrogens (tertiary/aromatic N) is 1. The molecule has 7 heteroatoms. The van der Waals surface area contributed by atoms with Crippen LogP contribution in [-0.4, -0.2) is 35.1 Å². The van der Waals surface area contributed by atoms with E-state index in [-0.39, 0.29) is 11.6 Å². The summed E-state index contributed by atoms with van der Waals surface area (Å²) in [5.41, 5.74) is 0.0348. The summed E-state index contributed by atoms with van der Waals surface area (Å²) in [5, 5.41) is 16.9. The van der Waals surface area contributed by atoms with Gasteiger partial charge >= 0.3 is 5.97 Å². The lowest BCUT2D eigenvalue weighted by Gasteiger charge is -2.21. The number of carbonyl (C=O) groups is 2. The molecule has 1 aromatic heterocycles. The number of nitrogens with one attached hydrogen (secondary N) is 2. The summed E-state index contributed by atoms with van der Waals surface area (Å²) < 4.78 is 0. The van der Waals surface area contributed by atoms with Crippen molar-refractivity contribution in [3.8, 4) is 0 Å². The molecule has 2 heterocycles. The van der Waals surface area contributed by atoms with Crippen LogP contribution < -0.4 is 10.6 Å². The summed E-state index contributed by atoms with van der Waals surface area (Å²) in [6.45, 7) is 2.26. The summed E-state index contributed by atoms with van der Waals surface area (Å²) in [5.74, 6) is -0.574. The van der Waals surface area contributed by atoms with Gasteiger partial charge in [-0.1, -0.05) is 0 Å². The van der Waals surface area contributed by atoms with Crippen molar-refractivity contribution in [1.29, 1.82) is 0 Å². The fraction of sp³-hybridized carbons (Fsp3) is 0.583. The molecule has 0 spiro atoms. The zero-order valence-corrected chi connectivity index (χ0v) is 11.3. The zero-order chi connectivity index (χ0) is 13.7. The monoisotopic (exact) mass is 283 g/mol. The van der Waals surface area contributed by atoms with Gasteiger partial charge in [-0.25, -0.2) is 9.78 Å². The Balaban J connectivity index is 1.74. The number of carboxylic acids is 1. The Morgan fingerprint density at radius 1 is 1.47 bits per heavy atom. The van der Waals surface area contributed by atoms with Crippen LogP contribution in [0.2, 0.25) is 0 Å². The van der Waals surface area contributed by atoms with Crippen molar-refractivity contribution in [2.75, 3.05) is 13.1 Å². The van der Waals surface area contributed by atoms with E-state index in [0.29, 0.717) is 23.9 Å². The highest BCUT2D eigenvalue weighted by Gasteiger charge is 2.17. The molecule has 1 fully saturated rings. The second kappa shape index (κ2) is 6.63. The minimum Gasteiger partial charge on any atom is -0.476 e. The Labute approximate surface area is 115 Å². The molecular formula is C12H17N3O3S. The summed E-state index contributed by atoms with van der Waals surface area (Å²) in [6.07, 6.45) is 2.61. The molecule has 0 radical (unpaired) electrons. The Morgan fingerprint density at radius 2 is 2.21 bits per heavy atom. The molecule has 0 unspecified atom stereocenters. The smallest absolute Gasteiger partial charge is 0.355 e. The fourth-order valence-corrected chi connectivity index (χ4v) is 2.79. The van der Waals surface area contributed by atoms with E-state index in [9.17, 15) is 9.59 Å². The molecule has 1 aliphatic rings. The summed E-state index contributed by atoms with van der Waals surface area (Å²) >= 11 is 1.25. The van der Waals surface area contributed by atoms with Gasteiger partial charge in [-0.2, -0.15) is 0 Å². The van der Waals surface area contributed by atoms with Gasteiger partial charge in [0.25, 0.3) is 0 Å². The molecule has 1 saturated heterocycles. The van der Waals surface area contributed by atoms with Crippen molar-refractivity contribution in [3.05, 3.63) is 16.1 Å². The molecule has 19 heavy (non-hydrogen) atoms. The molecule has 3 N–H and O–H groups in total. The third-order valence-electron chi connectivity index (χ3n) is 3.14. The zero-order valence-electron chi connectivity index (χ0n) is 10.5. The first kappa shape index (κ1) is 14.0. The molecule has 6 nitrogen and oxygen atoms in total. The van der Waals surface area contributed by atoms with Gasteiger partial charge in [0.2, 0.25) is 5.91 Å². The van der Waals surface area contributed by atoms with Crippen LogP contribution in [-0.2, 0) is 11.3 Å². The van der Waals surface area contributed by atoms with Gasteiger partial charge in [0, 0.05) is 11.8 Å². The third-order valence-corrected chi connectivity index (χ3v) is 3.99. The Kier molecular flexibility index (Phi) is 4.86. The van der Waals surface area contributed by atoms with Crippen LogP contribution in [0.25, 0.3) is 0 Å². The number of rotatable bonds is 5. The minimum atomic E-state index is -1.04. The number of carboxylic acid groups (broad SMARTS) is 1. The van der Waals surface area contributed by atoms with Crippen molar-refractivity contribution < 1.29 is 14.7 Å². The Hall–Kier alpha value is -1.47. The lowest BCUT2D eigenvalue weighted by molar-refractivity contribution is -0.122. The number of hydrogen-bond donors (Lipinski definition) is 3. The van der Waals surface area contributed by atoms with Gasteiger partial charge in [0.15, 0.2) is 5.69 Å². The molecule has 0 bridgehead atoms. The highest BCUT2D eigenvalue weighted by atomic mass is 32.1. The molecule has 0 aromatic carbocycles. The van der Waals surface area contributed by atoms with E-state index in [0.717, 1.165) is 25.9 Å². The lowest BCUT2D eigenvalue weighted by atomic mass is 9.94.